The Morgan fingerprint density at radius 1 is 0.714 bits per heavy atom. The number of nitrogens with zero attached hydrogens (tertiary/aromatic N) is 4. The van der Waals surface area contributed by atoms with E-state index in [9.17, 15) is 4.39 Å². The molecule has 0 amide bonds. The van der Waals surface area contributed by atoms with Crippen LogP contribution in [0.5, 0.6) is 0 Å². The van der Waals surface area contributed by atoms with Gasteiger partial charge in [0.2, 0.25) is 0 Å². The maximum atomic E-state index is 13.7. The Bertz CT molecular complexity index is 2070. The van der Waals surface area contributed by atoms with Crippen LogP contribution < -0.4 is 0 Å². The van der Waals surface area contributed by atoms with Gasteiger partial charge in [0.15, 0.2) is 5.65 Å². The average molecular weight is 725 g/mol. The van der Waals surface area contributed by atoms with Crippen LogP contribution in [0.2, 0.25) is 0 Å². The van der Waals surface area contributed by atoms with E-state index >= 15 is 0 Å². The van der Waals surface area contributed by atoms with Crippen molar-refractivity contribution in [1.82, 2.24) is 19.5 Å². The van der Waals surface area contributed by atoms with Gasteiger partial charge in [0, 0.05) is 49.6 Å². The van der Waals surface area contributed by atoms with Gasteiger partial charge in [0.1, 0.15) is 11.4 Å². The molecule has 4 heterocycles. The monoisotopic (exact) mass is 725 g/mol. The predicted molar refractivity (Wildman–Crippen MR) is 159 cm³/mol. The second-order valence-electron chi connectivity index (χ2n) is 9.28. The van der Waals surface area contributed by atoms with E-state index < -0.39 is 0 Å². The molecule has 8 aromatic rings. The molecule has 0 N–H and O–H groups in total. The largest absolute Gasteiger partial charge is 0.500 e. The third-order valence-corrected chi connectivity index (χ3v) is 6.71. The molecule has 42 heavy (non-hydrogen) atoms. The summed E-state index contributed by atoms with van der Waals surface area (Å²) in [6, 6.07) is 42.3. The molecule has 7 heteroatoms. The minimum atomic E-state index is -0.331. The minimum absolute atomic E-state index is 0. The molecular formula is C35H21FIrN4O-2. The zero-order valence-electron chi connectivity index (χ0n) is 22.0. The molecule has 1 radical (unpaired) electrons. The second kappa shape index (κ2) is 11.9. The zero-order valence-corrected chi connectivity index (χ0v) is 24.4. The summed E-state index contributed by atoms with van der Waals surface area (Å²) in [5.74, 6) is 0.345. The molecule has 5 nitrogen and oxygen atoms in total. The van der Waals surface area contributed by atoms with Gasteiger partial charge in [0.05, 0.1) is 16.9 Å². The van der Waals surface area contributed by atoms with Gasteiger partial charge in [-0.05, 0) is 48.2 Å². The van der Waals surface area contributed by atoms with Gasteiger partial charge < -0.3 is 14.0 Å². The number of furan rings is 1. The maximum Gasteiger partial charge on any atom is 0.168 e. The molecule has 0 unspecified atom stereocenters. The van der Waals surface area contributed by atoms with E-state index in [1.54, 1.807) is 18.5 Å². The van der Waals surface area contributed by atoms with E-state index in [0.29, 0.717) is 28.2 Å². The van der Waals surface area contributed by atoms with Crippen molar-refractivity contribution in [2.45, 2.75) is 0 Å². The molecule has 4 aromatic heterocycles. The Morgan fingerprint density at radius 3 is 2.36 bits per heavy atom. The van der Waals surface area contributed by atoms with Crippen LogP contribution in [0.1, 0.15) is 0 Å². The molecule has 8 rings (SSSR count). The molecule has 4 aromatic carbocycles. The summed E-state index contributed by atoms with van der Waals surface area (Å²) >= 11 is 0. The first-order valence-corrected chi connectivity index (χ1v) is 13.1. The number of para-hydroxylation sites is 1. The van der Waals surface area contributed by atoms with Gasteiger partial charge in [-0.1, -0.05) is 41.3 Å². The van der Waals surface area contributed by atoms with Crippen LogP contribution in [0.25, 0.3) is 61.4 Å². The van der Waals surface area contributed by atoms with E-state index in [2.05, 4.69) is 22.1 Å². The van der Waals surface area contributed by atoms with Gasteiger partial charge in [-0.25, -0.2) is 9.37 Å². The number of hydrogen-bond acceptors (Lipinski definition) is 4. The van der Waals surface area contributed by atoms with Crippen molar-refractivity contribution >= 4 is 33.1 Å². The number of benzene rings is 4. The van der Waals surface area contributed by atoms with Crippen molar-refractivity contribution in [3.63, 3.8) is 0 Å². The zero-order chi connectivity index (χ0) is 27.6. The first-order valence-electron chi connectivity index (χ1n) is 13.1. The molecule has 0 bridgehead atoms. The first-order chi connectivity index (χ1) is 20.3. The SMILES string of the molecule is Fc1ccc2c(c1)oc1c(-c3nc4ncccc4n3-c3ccccc3)[c-]ccc12.[Ir].[c-]1ccccc1-c1ccccn1. The minimum Gasteiger partial charge on any atom is -0.500 e. The van der Waals surface area contributed by atoms with Crippen LogP contribution in [0.3, 0.4) is 0 Å². The molecule has 0 saturated carbocycles. The van der Waals surface area contributed by atoms with Crippen LogP contribution in [-0.4, -0.2) is 19.5 Å². The summed E-state index contributed by atoms with van der Waals surface area (Å²) in [5.41, 5.74) is 6.34. The molecule has 0 saturated heterocycles. The standard InChI is InChI=1S/C24H13FN3O.C11H8N.Ir/c25-15-11-12-17-18-8-4-9-19(22(18)29-21(17)14-15)24-27-23-20(10-5-13-26-23)28(24)16-6-2-1-3-7-16;1-2-6-10(7-3-1)11-8-4-5-9-12-11;/h1-8,10-14H;1-6,8-9H;/q2*-1;. The van der Waals surface area contributed by atoms with Crippen molar-refractivity contribution in [3.8, 4) is 28.3 Å². The third kappa shape index (κ3) is 5.12. The summed E-state index contributed by atoms with van der Waals surface area (Å²) in [7, 11) is 0. The van der Waals surface area contributed by atoms with Gasteiger partial charge in [-0.15, -0.1) is 54.1 Å². The topological polar surface area (TPSA) is 56.7 Å². The fourth-order valence-electron chi connectivity index (χ4n) is 4.88. The molecule has 0 aliphatic rings. The molecule has 205 valence electrons. The summed E-state index contributed by atoms with van der Waals surface area (Å²) in [4.78, 5) is 13.4. The van der Waals surface area contributed by atoms with Gasteiger partial charge in [-0.3, -0.25) is 4.98 Å². The van der Waals surface area contributed by atoms with E-state index in [4.69, 9.17) is 9.40 Å². The number of rotatable bonds is 3. The van der Waals surface area contributed by atoms with Crippen molar-refractivity contribution in [2.75, 3.05) is 0 Å². The van der Waals surface area contributed by atoms with E-state index in [1.807, 2.05) is 102 Å². The van der Waals surface area contributed by atoms with Crippen LogP contribution >= 0.6 is 0 Å². The molecule has 0 aliphatic heterocycles. The van der Waals surface area contributed by atoms with Crippen molar-refractivity contribution in [2.24, 2.45) is 0 Å². The summed E-state index contributed by atoms with van der Waals surface area (Å²) in [6.45, 7) is 0. The Hall–Kier alpha value is -4.97. The smallest absolute Gasteiger partial charge is 0.168 e. The fourth-order valence-corrected chi connectivity index (χ4v) is 4.88. The Balaban J connectivity index is 0.000000205. The number of hydrogen-bond donors (Lipinski definition) is 0. The Labute approximate surface area is 254 Å². The third-order valence-electron chi connectivity index (χ3n) is 6.71. The van der Waals surface area contributed by atoms with Gasteiger partial charge in [0.25, 0.3) is 0 Å². The van der Waals surface area contributed by atoms with E-state index in [-0.39, 0.29) is 25.9 Å². The number of aromatic nitrogens is 4. The van der Waals surface area contributed by atoms with Crippen molar-refractivity contribution in [3.05, 3.63) is 146 Å². The van der Waals surface area contributed by atoms with Crippen LogP contribution in [0.4, 0.5) is 4.39 Å². The van der Waals surface area contributed by atoms with Gasteiger partial charge in [-0.2, -0.15) is 0 Å². The number of imidazole rings is 1. The molecule has 0 atom stereocenters. The summed E-state index contributed by atoms with van der Waals surface area (Å²) in [5, 5.41) is 1.76. The maximum absolute atomic E-state index is 13.7. The molecular weight excluding hydrogens is 704 g/mol. The number of fused-ring (bicyclic) bond motifs is 4. The summed E-state index contributed by atoms with van der Waals surface area (Å²) in [6.07, 6.45) is 3.51. The first kappa shape index (κ1) is 27.2. The second-order valence-corrected chi connectivity index (χ2v) is 9.28. The Kier molecular flexibility index (Phi) is 7.69. The molecule has 0 spiro atoms. The van der Waals surface area contributed by atoms with E-state index in [0.717, 1.165) is 33.2 Å². The number of halogens is 1. The fraction of sp³-hybridized carbons (Fsp3) is 0. The molecule has 0 fully saturated rings. The normalized spacial score (nSPS) is 10.8. The molecule has 0 aliphatic carbocycles. The van der Waals surface area contributed by atoms with Crippen molar-refractivity contribution < 1.29 is 28.9 Å². The van der Waals surface area contributed by atoms with Crippen LogP contribution in [-0.2, 0) is 20.1 Å². The van der Waals surface area contributed by atoms with E-state index in [1.165, 1.54) is 12.1 Å². The van der Waals surface area contributed by atoms with Crippen LogP contribution in [0.15, 0.2) is 132 Å². The average Bonchev–Trinajstić information content (AvgIpc) is 3.61. The summed E-state index contributed by atoms with van der Waals surface area (Å²) < 4.78 is 21.8. The quantitative estimate of drug-likeness (QED) is 0.172. The Morgan fingerprint density at radius 2 is 1.55 bits per heavy atom. The van der Waals surface area contributed by atoms with Crippen molar-refractivity contribution in [1.29, 1.82) is 0 Å². The van der Waals surface area contributed by atoms with Gasteiger partial charge >= 0.3 is 0 Å². The van der Waals surface area contributed by atoms with Crippen LogP contribution in [0, 0.1) is 17.9 Å². The number of pyridine rings is 2. The predicted octanol–water partition coefficient (Wildman–Crippen LogP) is 8.47.